The van der Waals surface area contributed by atoms with Gasteiger partial charge in [-0.25, -0.2) is 0 Å². The summed E-state index contributed by atoms with van der Waals surface area (Å²) in [5.74, 6) is 0. The summed E-state index contributed by atoms with van der Waals surface area (Å²) in [5, 5.41) is 0.940. The second-order valence-corrected chi connectivity index (χ2v) is 7.42. The van der Waals surface area contributed by atoms with Crippen LogP contribution in [0.2, 0.25) is 0 Å². The first-order valence-electron chi connectivity index (χ1n) is 4.79. The summed E-state index contributed by atoms with van der Waals surface area (Å²) >= 11 is 0. The molecule has 78 valence electrons. The van der Waals surface area contributed by atoms with Gasteiger partial charge >= 0.3 is 0 Å². The van der Waals surface area contributed by atoms with Crippen molar-refractivity contribution in [1.29, 1.82) is 0 Å². The van der Waals surface area contributed by atoms with Crippen LogP contribution < -0.4 is 11.0 Å². The molecule has 14 heavy (non-hydrogen) atoms. The molecule has 0 aromatic heterocycles. The van der Waals surface area contributed by atoms with Crippen LogP contribution >= 0.6 is 7.14 Å². The van der Waals surface area contributed by atoms with Gasteiger partial charge in [0.05, 0.1) is 0 Å². The SMILES string of the molecule is CC(N)Cc1cccc(P(C)(C)=O)c1. The minimum absolute atomic E-state index is 0.151. The zero-order chi connectivity index (χ0) is 10.8. The molecule has 0 spiro atoms. The molecule has 0 saturated heterocycles. The van der Waals surface area contributed by atoms with Gasteiger partial charge in [0.2, 0.25) is 0 Å². The highest BCUT2D eigenvalue weighted by Gasteiger charge is 2.11. The van der Waals surface area contributed by atoms with Crippen LogP contribution in [0.4, 0.5) is 0 Å². The fourth-order valence-electron chi connectivity index (χ4n) is 1.39. The smallest absolute Gasteiger partial charge is 0.109 e. The standard InChI is InChI=1S/C11H18NOP/c1-9(12)7-10-5-4-6-11(8-10)14(2,3)13/h4-6,8-9H,7,12H2,1-3H3. The summed E-state index contributed by atoms with van der Waals surface area (Å²) in [4.78, 5) is 0. The Morgan fingerprint density at radius 3 is 2.57 bits per heavy atom. The fourth-order valence-corrected chi connectivity index (χ4v) is 2.31. The molecule has 1 aromatic carbocycles. The lowest BCUT2D eigenvalue weighted by Crippen LogP contribution is -2.18. The van der Waals surface area contributed by atoms with Gasteiger partial charge in [0.25, 0.3) is 0 Å². The number of nitrogens with two attached hydrogens (primary N) is 1. The molecule has 0 amide bonds. The zero-order valence-electron chi connectivity index (χ0n) is 9.03. The van der Waals surface area contributed by atoms with Crippen LogP contribution in [0.5, 0.6) is 0 Å². The van der Waals surface area contributed by atoms with Crippen molar-refractivity contribution in [1.82, 2.24) is 0 Å². The van der Waals surface area contributed by atoms with Crippen LogP contribution in [-0.2, 0) is 11.0 Å². The average Bonchev–Trinajstić information content (AvgIpc) is 2.01. The third-order valence-electron chi connectivity index (χ3n) is 2.09. The summed E-state index contributed by atoms with van der Waals surface area (Å²) in [5.41, 5.74) is 6.88. The van der Waals surface area contributed by atoms with Gasteiger partial charge in [0, 0.05) is 11.3 Å². The molecule has 1 atom stereocenters. The lowest BCUT2D eigenvalue weighted by Gasteiger charge is -2.10. The highest BCUT2D eigenvalue weighted by Crippen LogP contribution is 2.34. The molecule has 2 N–H and O–H groups in total. The lowest BCUT2D eigenvalue weighted by atomic mass is 10.1. The molecule has 1 aromatic rings. The van der Waals surface area contributed by atoms with Crippen molar-refractivity contribution in [3.05, 3.63) is 29.8 Å². The molecule has 2 nitrogen and oxygen atoms in total. The van der Waals surface area contributed by atoms with Crippen LogP contribution in [0.3, 0.4) is 0 Å². The van der Waals surface area contributed by atoms with E-state index < -0.39 is 7.14 Å². The molecule has 0 aliphatic carbocycles. The maximum Gasteiger partial charge on any atom is 0.109 e. The van der Waals surface area contributed by atoms with E-state index in [1.807, 2.05) is 31.2 Å². The fraction of sp³-hybridized carbons (Fsp3) is 0.455. The Kier molecular flexibility index (Phi) is 3.52. The van der Waals surface area contributed by atoms with E-state index in [2.05, 4.69) is 0 Å². The Balaban J connectivity index is 2.96. The van der Waals surface area contributed by atoms with E-state index in [4.69, 9.17) is 5.73 Å². The predicted octanol–water partition coefficient (Wildman–Crippen LogP) is 1.82. The quantitative estimate of drug-likeness (QED) is 0.775. The van der Waals surface area contributed by atoms with E-state index in [1.165, 1.54) is 5.56 Å². The highest BCUT2D eigenvalue weighted by atomic mass is 31.2. The molecule has 0 bridgehead atoms. The van der Waals surface area contributed by atoms with E-state index in [0.29, 0.717) is 0 Å². The summed E-state index contributed by atoms with van der Waals surface area (Å²) in [7, 11) is -2.13. The molecule has 0 heterocycles. The van der Waals surface area contributed by atoms with Gasteiger partial charge in [-0.15, -0.1) is 0 Å². The topological polar surface area (TPSA) is 43.1 Å². The van der Waals surface area contributed by atoms with Gasteiger partial charge in [-0.1, -0.05) is 18.2 Å². The van der Waals surface area contributed by atoms with Crippen molar-refractivity contribution in [2.24, 2.45) is 5.73 Å². The van der Waals surface area contributed by atoms with Crippen molar-refractivity contribution >= 4 is 12.4 Å². The monoisotopic (exact) mass is 211 g/mol. The van der Waals surface area contributed by atoms with E-state index >= 15 is 0 Å². The van der Waals surface area contributed by atoms with Gasteiger partial charge in [0.1, 0.15) is 7.14 Å². The van der Waals surface area contributed by atoms with Crippen LogP contribution in [-0.4, -0.2) is 19.4 Å². The van der Waals surface area contributed by atoms with Crippen LogP contribution in [0.25, 0.3) is 0 Å². The molecule has 3 heteroatoms. The zero-order valence-corrected chi connectivity index (χ0v) is 9.92. The highest BCUT2D eigenvalue weighted by molar-refractivity contribution is 7.70. The van der Waals surface area contributed by atoms with Crippen molar-refractivity contribution < 1.29 is 4.57 Å². The first kappa shape index (κ1) is 11.5. The molecule has 0 saturated carbocycles. The summed E-state index contributed by atoms with van der Waals surface area (Å²) < 4.78 is 11.8. The maximum absolute atomic E-state index is 11.8. The third-order valence-corrected chi connectivity index (χ3v) is 3.61. The second-order valence-electron chi connectivity index (χ2n) is 4.20. The minimum Gasteiger partial charge on any atom is -0.328 e. The Morgan fingerprint density at radius 1 is 1.43 bits per heavy atom. The second kappa shape index (κ2) is 4.29. The molecular weight excluding hydrogens is 193 g/mol. The third kappa shape index (κ3) is 3.28. The molecule has 0 fully saturated rings. The van der Waals surface area contributed by atoms with Crippen molar-refractivity contribution in [3.63, 3.8) is 0 Å². The van der Waals surface area contributed by atoms with Gasteiger partial charge < -0.3 is 10.3 Å². The van der Waals surface area contributed by atoms with E-state index in [0.717, 1.165) is 11.7 Å². The predicted molar refractivity (Wildman–Crippen MR) is 62.9 cm³/mol. The summed E-state index contributed by atoms with van der Waals surface area (Å²) in [6, 6.07) is 8.06. The van der Waals surface area contributed by atoms with Crippen molar-refractivity contribution in [2.45, 2.75) is 19.4 Å². The number of benzene rings is 1. The van der Waals surface area contributed by atoms with Crippen LogP contribution in [0.15, 0.2) is 24.3 Å². The molecular formula is C11H18NOP. The van der Waals surface area contributed by atoms with Crippen molar-refractivity contribution in [2.75, 3.05) is 13.3 Å². The molecule has 1 unspecified atom stereocenters. The lowest BCUT2D eigenvalue weighted by molar-refractivity contribution is 0.588. The summed E-state index contributed by atoms with van der Waals surface area (Å²) in [6.07, 6.45) is 0.841. The van der Waals surface area contributed by atoms with Crippen LogP contribution in [0.1, 0.15) is 12.5 Å². The first-order valence-corrected chi connectivity index (χ1v) is 7.40. The minimum atomic E-state index is -2.13. The normalized spacial score (nSPS) is 14.0. The number of hydrogen-bond acceptors (Lipinski definition) is 2. The average molecular weight is 211 g/mol. The van der Waals surface area contributed by atoms with Crippen LogP contribution in [0, 0.1) is 0 Å². The summed E-state index contributed by atoms with van der Waals surface area (Å²) in [6.45, 7) is 5.56. The van der Waals surface area contributed by atoms with Gasteiger partial charge in [-0.05, 0) is 38.3 Å². The Hall–Kier alpha value is -0.590. The van der Waals surface area contributed by atoms with Gasteiger partial charge in [-0.3, -0.25) is 0 Å². The molecule has 1 rings (SSSR count). The maximum atomic E-state index is 11.8. The number of rotatable bonds is 3. The van der Waals surface area contributed by atoms with Gasteiger partial charge in [0.15, 0.2) is 0 Å². The Labute approximate surface area is 85.9 Å². The number of hydrogen-bond donors (Lipinski definition) is 1. The Morgan fingerprint density at radius 2 is 2.07 bits per heavy atom. The van der Waals surface area contributed by atoms with Crippen molar-refractivity contribution in [3.8, 4) is 0 Å². The van der Waals surface area contributed by atoms with E-state index in [9.17, 15) is 4.57 Å². The molecule has 0 aliphatic heterocycles. The van der Waals surface area contributed by atoms with Gasteiger partial charge in [-0.2, -0.15) is 0 Å². The molecule has 0 aliphatic rings. The largest absolute Gasteiger partial charge is 0.328 e. The Bertz CT molecular complexity index is 354. The first-order chi connectivity index (χ1) is 6.39. The molecule has 0 radical (unpaired) electrons. The van der Waals surface area contributed by atoms with E-state index in [1.54, 1.807) is 13.3 Å². The van der Waals surface area contributed by atoms with E-state index in [-0.39, 0.29) is 6.04 Å².